The zero-order valence-corrected chi connectivity index (χ0v) is 32.5. The zero-order chi connectivity index (χ0) is 37.0. The van der Waals surface area contributed by atoms with Gasteiger partial charge >= 0.3 is 17.6 Å². The van der Waals surface area contributed by atoms with Gasteiger partial charge in [-0.05, 0) is 46.2 Å². The molecule has 0 aliphatic carbocycles. The molecule has 1 saturated heterocycles. The van der Waals surface area contributed by atoms with E-state index in [4.69, 9.17) is 9.47 Å². The minimum atomic E-state index is -0.583. The standard InChI is InChI=1S/C24H41N3O5.C16H32O2/c1-4-5-6-7-8-9-10-11-12-17-31-23(29)19-27-21(28)15-16-26(24(27)30)22-14-13-20(32-22)18-25(2)3;1-3-5-7-9-10-12-14-15(16(17)18)13-11-8-6-4-2/h15-16,20,22H,4-14,17-19H2,1-3H3;15H,3-14H2,1-2H3,(H,17,18). The molecule has 50 heavy (non-hydrogen) atoms. The maximum atomic E-state index is 12.8. The molecular weight excluding hydrogens is 634 g/mol. The van der Waals surface area contributed by atoms with Gasteiger partial charge in [0.1, 0.15) is 12.8 Å². The van der Waals surface area contributed by atoms with Crippen molar-refractivity contribution in [2.45, 2.75) is 187 Å². The monoisotopic (exact) mass is 708 g/mol. The number of rotatable bonds is 28. The van der Waals surface area contributed by atoms with Crippen LogP contribution in [-0.4, -0.2) is 64.4 Å². The summed E-state index contributed by atoms with van der Waals surface area (Å²) in [6.45, 7) is 7.35. The largest absolute Gasteiger partial charge is 0.481 e. The summed E-state index contributed by atoms with van der Waals surface area (Å²) >= 11 is 0. The van der Waals surface area contributed by atoms with Crippen molar-refractivity contribution in [3.63, 3.8) is 0 Å². The molecule has 1 aliphatic heterocycles. The smallest absolute Gasteiger partial charge is 0.333 e. The van der Waals surface area contributed by atoms with Gasteiger partial charge in [-0.25, -0.2) is 9.36 Å². The second-order valence-corrected chi connectivity index (χ2v) is 14.5. The molecule has 1 N–H and O–H groups in total. The second kappa shape index (κ2) is 29.2. The second-order valence-electron chi connectivity index (χ2n) is 14.5. The molecule has 2 heterocycles. The molecule has 0 bridgehead atoms. The lowest BCUT2D eigenvalue weighted by Gasteiger charge is -2.19. The molecule has 1 aliphatic rings. The van der Waals surface area contributed by atoms with E-state index < -0.39 is 29.4 Å². The highest BCUT2D eigenvalue weighted by molar-refractivity contribution is 5.69. The highest BCUT2D eigenvalue weighted by atomic mass is 16.5. The van der Waals surface area contributed by atoms with Crippen LogP contribution in [0.3, 0.4) is 0 Å². The number of ether oxygens (including phenoxy) is 2. The van der Waals surface area contributed by atoms with E-state index in [0.717, 1.165) is 62.5 Å². The summed E-state index contributed by atoms with van der Waals surface area (Å²) < 4.78 is 13.6. The Kier molecular flexibility index (Phi) is 26.6. The topological polar surface area (TPSA) is 120 Å². The quantitative estimate of drug-likeness (QED) is 0.0678. The first-order valence-corrected chi connectivity index (χ1v) is 20.1. The SMILES string of the molecule is CCCCCCCCC(CCCCCC)C(=O)O.CCCCCCCCCCCOC(=O)Cn1c(=O)ccn(C2CCC(CN(C)C)O2)c1=O. The number of aromatic nitrogens is 2. The van der Waals surface area contributed by atoms with E-state index in [0.29, 0.717) is 13.0 Å². The van der Waals surface area contributed by atoms with E-state index in [1.165, 1.54) is 107 Å². The summed E-state index contributed by atoms with van der Waals surface area (Å²) in [5.41, 5.74) is -1.04. The molecule has 0 amide bonds. The number of likely N-dealkylation sites (N-methyl/N-ethyl adjacent to an activating group) is 1. The van der Waals surface area contributed by atoms with Crippen LogP contribution in [0, 0.1) is 5.92 Å². The molecule has 1 fully saturated rings. The Hall–Kier alpha value is -2.46. The molecule has 10 nitrogen and oxygen atoms in total. The van der Waals surface area contributed by atoms with Crippen LogP contribution >= 0.6 is 0 Å². The van der Waals surface area contributed by atoms with Crippen molar-refractivity contribution in [3.05, 3.63) is 33.1 Å². The Morgan fingerprint density at radius 1 is 0.800 bits per heavy atom. The molecule has 3 atom stereocenters. The minimum absolute atomic E-state index is 0.0450. The summed E-state index contributed by atoms with van der Waals surface area (Å²) in [6.07, 6.45) is 27.2. The normalized spacial score (nSPS) is 16.3. The number of carboxylic acids is 1. The molecule has 1 aromatic rings. The van der Waals surface area contributed by atoms with Crippen molar-refractivity contribution in [2.75, 3.05) is 27.2 Å². The van der Waals surface area contributed by atoms with Gasteiger partial charge in [0.15, 0.2) is 0 Å². The van der Waals surface area contributed by atoms with Gasteiger partial charge in [-0.3, -0.25) is 19.0 Å². The number of unbranched alkanes of at least 4 members (excludes halogenated alkanes) is 16. The predicted octanol–water partition coefficient (Wildman–Crippen LogP) is 8.73. The molecule has 2 rings (SSSR count). The number of aliphatic carboxylic acids is 1. The van der Waals surface area contributed by atoms with E-state index in [1.54, 1.807) is 0 Å². The fourth-order valence-corrected chi connectivity index (χ4v) is 6.48. The minimum Gasteiger partial charge on any atom is -0.481 e. The maximum Gasteiger partial charge on any atom is 0.333 e. The Balaban J connectivity index is 0.000000591. The van der Waals surface area contributed by atoms with E-state index in [-0.39, 0.29) is 18.6 Å². The van der Waals surface area contributed by atoms with Gasteiger partial charge in [0.2, 0.25) is 0 Å². The highest BCUT2D eigenvalue weighted by Crippen LogP contribution is 2.27. The summed E-state index contributed by atoms with van der Waals surface area (Å²) in [4.78, 5) is 50.4. The zero-order valence-electron chi connectivity index (χ0n) is 32.5. The highest BCUT2D eigenvalue weighted by Gasteiger charge is 2.28. The third-order valence-electron chi connectivity index (χ3n) is 9.52. The Bertz CT molecular complexity index is 1130. The van der Waals surface area contributed by atoms with Crippen molar-refractivity contribution in [2.24, 2.45) is 5.92 Å². The molecule has 290 valence electrons. The summed E-state index contributed by atoms with van der Waals surface area (Å²) in [5.74, 6) is -1.23. The van der Waals surface area contributed by atoms with Crippen LogP contribution in [-0.2, 0) is 25.6 Å². The van der Waals surface area contributed by atoms with Gasteiger partial charge in [-0.2, -0.15) is 0 Å². The number of nitrogens with zero attached hydrogens (tertiary/aromatic N) is 3. The van der Waals surface area contributed by atoms with Crippen LogP contribution in [0.1, 0.15) is 175 Å². The first-order chi connectivity index (χ1) is 24.1. The van der Waals surface area contributed by atoms with Gasteiger partial charge in [0.05, 0.1) is 18.6 Å². The average Bonchev–Trinajstić information content (AvgIpc) is 3.53. The van der Waals surface area contributed by atoms with E-state index in [1.807, 2.05) is 19.0 Å². The van der Waals surface area contributed by atoms with Gasteiger partial charge in [0.25, 0.3) is 5.56 Å². The van der Waals surface area contributed by atoms with Gasteiger partial charge < -0.3 is 19.5 Å². The maximum absolute atomic E-state index is 12.8. The fraction of sp³-hybridized carbons (Fsp3) is 0.850. The number of hydrogen-bond donors (Lipinski definition) is 1. The lowest BCUT2D eigenvalue weighted by molar-refractivity contribution is -0.145. The van der Waals surface area contributed by atoms with Gasteiger partial charge in [-0.15, -0.1) is 0 Å². The van der Waals surface area contributed by atoms with Crippen LogP contribution < -0.4 is 11.2 Å². The van der Waals surface area contributed by atoms with Gasteiger partial charge in [-0.1, -0.05) is 136 Å². The summed E-state index contributed by atoms with van der Waals surface area (Å²) in [6, 6.07) is 1.30. The van der Waals surface area contributed by atoms with Crippen molar-refractivity contribution in [1.29, 1.82) is 0 Å². The van der Waals surface area contributed by atoms with Crippen molar-refractivity contribution >= 4 is 11.9 Å². The van der Waals surface area contributed by atoms with Crippen LogP contribution in [0.5, 0.6) is 0 Å². The van der Waals surface area contributed by atoms with Crippen LogP contribution in [0.15, 0.2) is 21.9 Å². The molecule has 0 aromatic carbocycles. The first-order valence-electron chi connectivity index (χ1n) is 20.1. The number of esters is 1. The summed E-state index contributed by atoms with van der Waals surface area (Å²) in [5, 5.41) is 9.17. The van der Waals surface area contributed by atoms with E-state index in [2.05, 4.69) is 20.8 Å². The molecule has 1 aromatic heterocycles. The van der Waals surface area contributed by atoms with Crippen molar-refractivity contribution < 1.29 is 24.2 Å². The third-order valence-corrected chi connectivity index (χ3v) is 9.52. The Morgan fingerprint density at radius 3 is 1.82 bits per heavy atom. The number of carbonyl (C=O) groups excluding carboxylic acids is 1. The molecule has 0 spiro atoms. The Labute approximate surface area is 303 Å². The third kappa shape index (κ3) is 21.0. The van der Waals surface area contributed by atoms with Crippen molar-refractivity contribution in [3.8, 4) is 0 Å². The van der Waals surface area contributed by atoms with Crippen LogP contribution in [0.25, 0.3) is 0 Å². The van der Waals surface area contributed by atoms with E-state index in [9.17, 15) is 24.3 Å². The summed E-state index contributed by atoms with van der Waals surface area (Å²) in [7, 11) is 3.95. The molecule has 0 radical (unpaired) electrons. The lowest BCUT2D eigenvalue weighted by atomic mass is 9.94. The number of carboxylic acid groups (broad SMARTS) is 1. The fourth-order valence-electron chi connectivity index (χ4n) is 6.48. The Morgan fingerprint density at radius 2 is 1.30 bits per heavy atom. The van der Waals surface area contributed by atoms with Gasteiger partial charge in [0, 0.05) is 18.8 Å². The molecule has 3 unspecified atom stereocenters. The van der Waals surface area contributed by atoms with Crippen LogP contribution in [0.4, 0.5) is 0 Å². The average molecular weight is 708 g/mol. The number of hydrogen-bond acceptors (Lipinski definition) is 7. The number of carbonyl (C=O) groups is 2. The van der Waals surface area contributed by atoms with Crippen LogP contribution in [0.2, 0.25) is 0 Å². The molecule has 0 saturated carbocycles. The first kappa shape index (κ1) is 45.6. The van der Waals surface area contributed by atoms with Crippen molar-refractivity contribution in [1.82, 2.24) is 14.0 Å². The lowest BCUT2D eigenvalue weighted by Crippen LogP contribution is -2.42. The molecule has 10 heteroatoms. The predicted molar refractivity (Wildman–Crippen MR) is 203 cm³/mol. The van der Waals surface area contributed by atoms with E-state index >= 15 is 0 Å². The molecular formula is C40H73N3O7.